The smallest absolute Gasteiger partial charge is 0.231 e. The van der Waals surface area contributed by atoms with E-state index < -0.39 is 0 Å². The summed E-state index contributed by atoms with van der Waals surface area (Å²) in [7, 11) is 0. The largest absolute Gasteiger partial charge is 0.339 e. The van der Waals surface area contributed by atoms with E-state index in [1.54, 1.807) is 13.0 Å². The number of aryl methyl sites for hydroxylation is 1. The highest BCUT2D eigenvalue weighted by Gasteiger charge is 2.43. The first kappa shape index (κ1) is 10.9. The number of halogens is 1. The van der Waals surface area contributed by atoms with Crippen LogP contribution in [0.1, 0.15) is 23.8 Å². The van der Waals surface area contributed by atoms with Gasteiger partial charge in [-0.25, -0.2) is 4.39 Å². The number of aromatic nitrogens is 2. The van der Waals surface area contributed by atoms with Gasteiger partial charge in [0.05, 0.1) is 17.9 Å². The van der Waals surface area contributed by atoms with Crippen LogP contribution in [0.2, 0.25) is 0 Å². The third-order valence-electron chi connectivity index (χ3n) is 3.02. The first-order valence-electron chi connectivity index (χ1n) is 5.68. The molecule has 0 radical (unpaired) electrons. The van der Waals surface area contributed by atoms with Gasteiger partial charge in [-0.05, 0) is 37.1 Å². The van der Waals surface area contributed by atoms with Crippen LogP contribution >= 0.6 is 0 Å². The second kappa shape index (κ2) is 3.91. The molecule has 1 aliphatic carbocycles. The van der Waals surface area contributed by atoms with E-state index in [2.05, 4.69) is 16.2 Å². The third kappa shape index (κ3) is 1.86. The maximum Gasteiger partial charge on any atom is 0.231 e. The molecule has 3 rings (SSSR count). The molecule has 18 heavy (non-hydrogen) atoms. The zero-order chi connectivity index (χ0) is 12.7. The number of hydrogen-bond donors (Lipinski definition) is 0. The highest BCUT2D eigenvalue weighted by atomic mass is 19.1. The normalized spacial score (nSPS) is 21.6. The van der Waals surface area contributed by atoms with Crippen molar-refractivity contribution in [3.63, 3.8) is 0 Å². The Bertz CT molecular complexity index is 624. The quantitative estimate of drug-likeness (QED) is 0.813. The number of nitrogens with zero attached hydrogens (tertiary/aromatic N) is 3. The summed E-state index contributed by atoms with van der Waals surface area (Å²) in [6.45, 7) is 1.81. The van der Waals surface area contributed by atoms with Gasteiger partial charge in [0.25, 0.3) is 0 Å². The minimum absolute atomic E-state index is 0.0208. The van der Waals surface area contributed by atoms with Gasteiger partial charge in [0.1, 0.15) is 5.82 Å². The molecule has 1 heterocycles. The zero-order valence-corrected chi connectivity index (χ0v) is 9.72. The first-order valence-corrected chi connectivity index (χ1v) is 5.68. The van der Waals surface area contributed by atoms with E-state index in [0.29, 0.717) is 17.3 Å². The average Bonchev–Trinajstić information content (AvgIpc) is 2.95. The van der Waals surface area contributed by atoms with Gasteiger partial charge in [-0.1, -0.05) is 5.16 Å². The van der Waals surface area contributed by atoms with E-state index in [4.69, 9.17) is 9.78 Å². The predicted octanol–water partition coefficient (Wildman–Crippen LogP) is 2.81. The second-order valence-electron chi connectivity index (χ2n) is 4.55. The Balaban J connectivity index is 1.91. The Labute approximate surface area is 103 Å². The first-order chi connectivity index (χ1) is 8.67. The van der Waals surface area contributed by atoms with Gasteiger partial charge in [0.2, 0.25) is 11.7 Å². The molecule has 5 heteroatoms. The standard InChI is InChI=1S/C13H10FN3O/c1-7-2-8(4-10(14)3-7)12-16-13(18-17-12)11-5-9(11)6-15/h2-4,9,11H,5H2,1H3. The van der Waals surface area contributed by atoms with E-state index in [0.717, 1.165) is 12.0 Å². The fraction of sp³-hybridized carbons (Fsp3) is 0.308. The Morgan fingerprint density at radius 2 is 2.28 bits per heavy atom. The van der Waals surface area contributed by atoms with Crippen LogP contribution in [0.15, 0.2) is 22.7 Å². The Hall–Kier alpha value is -2.22. The predicted molar refractivity (Wildman–Crippen MR) is 60.9 cm³/mol. The van der Waals surface area contributed by atoms with Crippen molar-refractivity contribution in [1.82, 2.24) is 10.1 Å². The molecule has 1 saturated carbocycles. The van der Waals surface area contributed by atoms with Crippen LogP contribution in [-0.4, -0.2) is 10.1 Å². The van der Waals surface area contributed by atoms with Crippen LogP contribution in [0, 0.1) is 30.0 Å². The van der Waals surface area contributed by atoms with Gasteiger partial charge in [0.15, 0.2) is 0 Å². The van der Waals surface area contributed by atoms with Crippen LogP contribution in [0.3, 0.4) is 0 Å². The number of rotatable bonds is 2. The monoisotopic (exact) mass is 243 g/mol. The molecule has 0 N–H and O–H groups in total. The second-order valence-corrected chi connectivity index (χ2v) is 4.55. The molecular formula is C13H10FN3O. The SMILES string of the molecule is Cc1cc(F)cc(-c2noc(C3CC3C#N)n2)c1. The molecular weight excluding hydrogens is 233 g/mol. The summed E-state index contributed by atoms with van der Waals surface area (Å²) < 4.78 is 18.4. The van der Waals surface area contributed by atoms with E-state index in [-0.39, 0.29) is 17.7 Å². The topological polar surface area (TPSA) is 62.7 Å². The third-order valence-corrected chi connectivity index (χ3v) is 3.02. The summed E-state index contributed by atoms with van der Waals surface area (Å²) in [6, 6.07) is 6.78. The van der Waals surface area contributed by atoms with Crippen LogP contribution in [0.25, 0.3) is 11.4 Å². The fourth-order valence-electron chi connectivity index (χ4n) is 1.98. The molecule has 0 saturated heterocycles. The van der Waals surface area contributed by atoms with Crippen molar-refractivity contribution in [3.05, 3.63) is 35.5 Å². The van der Waals surface area contributed by atoms with Crippen molar-refractivity contribution >= 4 is 0 Å². The van der Waals surface area contributed by atoms with Crippen LogP contribution in [0.4, 0.5) is 4.39 Å². The van der Waals surface area contributed by atoms with Gasteiger partial charge >= 0.3 is 0 Å². The number of nitriles is 1. The molecule has 1 aromatic carbocycles. The molecule has 2 unspecified atom stereocenters. The lowest BCUT2D eigenvalue weighted by Crippen LogP contribution is -1.86. The van der Waals surface area contributed by atoms with Crippen LogP contribution in [0.5, 0.6) is 0 Å². The lowest BCUT2D eigenvalue weighted by Gasteiger charge is -1.97. The Morgan fingerprint density at radius 3 is 2.94 bits per heavy atom. The lowest BCUT2D eigenvalue weighted by atomic mass is 10.1. The summed E-state index contributed by atoms with van der Waals surface area (Å²) in [6.07, 6.45) is 0.764. The molecule has 2 aromatic rings. The summed E-state index contributed by atoms with van der Waals surface area (Å²) in [5.74, 6) is 0.547. The maximum atomic E-state index is 13.3. The van der Waals surface area contributed by atoms with Crippen molar-refractivity contribution in [1.29, 1.82) is 5.26 Å². The molecule has 4 nitrogen and oxygen atoms in total. The Morgan fingerprint density at radius 1 is 1.44 bits per heavy atom. The Kier molecular flexibility index (Phi) is 2.37. The molecule has 1 aliphatic rings. The highest BCUT2D eigenvalue weighted by molar-refractivity contribution is 5.55. The van der Waals surface area contributed by atoms with Gasteiger partial charge in [-0.15, -0.1) is 0 Å². The van der Waals surface area contributed by atoms with Crippen molar-refractivity contribution in [2.45, 2.75) is 19.3 Å². The molecule has 0 aliphatic heterocycles. The fourth-order valence-corrected chi connectivity index (χ4v) is 1.98. The van der Waals surface area contributed by atoms with Gasteiger partial charge in [0, 0.05) is 5.56 Å². The summed E-state index contributed by atoms with van der Waals surface area (Å²) in [4.78, 5) is 4.23. The van der Waals surface area contributed by atoms with Crippen molar-refractivity contribution < 1.29 is 8.91 Å². The van der Waals surface area contributed by atoms with E-state index >= 15 is 0 Å². The minimum Gasteiger partial charge on any atom is -0.339 e. The molecule has 2 atom stereocenters. The lowest BCUT2D eigenvalue weighted by molar-refractivity contribution is 0.378. The maximum absolute atomic E-state index is 13.3. The molecule has 1 fully saturated rings. The molecule has 0 bridgehead atoms. The number of benzene rings is 1. The van der Waals surface area contributed by atoms with E-state index in [9.17, 15) is 4.39 Å². The molecule has 90 valence electrons. The average molecular weight is 243 g/mol. The van der Waals surface area contributed by atoms with E-state index in [1.165, 1.54) is 12.1 Å². The zero-order valence-electron chi connectivity index (χ0n) is 9.72. The highest BCUT2D eigenvalue weighted by Crippen LogP contribution is 2.46. The summed E-state index contributed by atoms with van der Waals surface area (Å²) in [5.41, 5.74) is 1.40. The summed E-state index contributed by atoms with van der Waals surface area (Å²) >= 11 is 0. The summed E-state index contributed by atoms with van der Waals surface area (Å²) in [5, 5.41) is 12.6. The van der Waals surface area contributed by atoms with E-state index in [1.807, 2.05) is 0 Å². The minimum atomic E-state index is -0.322. The van der Waals surface area contributed by atoms with Crippen LogP contribution < -0.4 is 0 Å². The van der Waals surface area contributed by atoms with Gasteiger partial charge in [-0.3, -0.25) is 0 Å². The van der Waals surface area contributed by atoms with Crippen molar-refractivity contribution in [2.75, 3.05) is 0 Å². The van der Waals surface area contributed by atoms with Gasteiger partial charge in [-0.2, -0.15) is 10.2 Å². The van der Waals surface area contributed by atoms with Crippen molar-refractivity contribution in [3.8, 4) is 17.5 Å². The van der Waals surface area contributed by atoms with Crippen molar-refractivity contribution in [2.24, 2.45) is 5.92 Å². The van der Waals surface area contributed by atoms with Gasteiger partial charge < -0.3 is 4.52 Å². The van der Waals surface area contributed by atoms with Crippen LogP contribution in [-0.2, 0) is 0 Å². The molecule has 0 amide bonds. The molecule has 0 spiro atoms. The number of hydrogen-bond acceptors (Lipinski definition) is 4. The molecule has 1 aromatic heterocycles.